The van der Waals surface area contributed by atoms with Crippen molar-refractivity contribution in [1.29, 1.82) is 0 Å². The Kier molecular flexibility index (Phi) is 11.2. The number of hydrogen-bond acceptors (Lipinski definition) is 7. The number of methoxy groups -OCH3 is 4. The molecule has 206 valence electrons. The molecule has 0 amide bonds. The highest BCUT2D eigenvalue weighted by molar-refractivity contribution is 9.52. The Morgan fingerprint density at radius 1 is 0.784 bits per heavy atom. The fourth-order valence-corrected chi connectivity index (χ4v) is 6.79. The van der Waals surface area contributed by atoms with Crippen LogP contribution in [0.1, 0.15) is 5.56 Å². The van der Waals surface area contributed by atoms with Gasteiger partial charge >= 0.3 is 6.18 Å². The van der Waals surface area contributed by atoms with Crippen molar-refractivity contribution in [1.82, 2.24) is 0 Å². The third kappa shape index (κ3) is 7.45. The van der Waals surface area contributed by atoms with Gasteiger partial charge in [-0.15, -0.1) is 0 Å². The fourth-order valence-electron chi connectivity index (χ4n) is 3.96. The predicted molar refractivity (Wildman–Crippen MR) is 144 cm³/mol. The lowest BCUT2D eigenvalue weighted by Crippen LogP contribution is -2.31. The summed E-state index contributed by atoms with van der Waals surface area (Å²) in [6.45, 7) is 3.97. The summed E-state index contributed by atoms with van der Waals surface area (Å²) in [5.41, 5.74) is 0.574. The number of hydrogen-bond donors (Lipinski definition) is 0. The van der Waals surface area contributed by atoms with Gasteiger partial charge in [0.1, 0.15) is 0 Å². The molecule has 0 aromatic heterocycles. The number of ether oxygens (including phenoxy) is 4. The molecule has 2 aromatic rings. The largest absolute Gasteiger partial charge is 0.418 e. The Hall–Kier alpha value is -1.70. The lowest BCUT2D eigenvalue weighted by atomic mass is 10.1. The number of rotatable bonds is 14. The Labute approximate surface area is 225 Å². The molecular formula is C25H33BrF3N3O4S. The van der Waals surface area contributed by atoms with Gasteiger partial charge in [0, 0.05) is 75.4 Å². The highest BCUT2D eigenvalue weighted by atomic mass is 79.9. The average Bonchev–Trinajstić information content (AvgIpc) is 2.88. The van der Waals surface area contributed by atoms with Crippen molar-refractivity contribution < 1.29 is 32.1 Å². The Morgan fingerprint density at radius 2 is 1.30 bits per heavy atom. The van der Waals surface area contributed by atoms with Crippen molar-refractivity contribution in [3.63, 3.8) is 0 Å². The quantitative estimate of drug-likeness (QED) is 0.280. The van der Waals surface area contributed by atoms with Crippen LogP contribution < -0.4 is 15.2 Å². The third-order valence-electron chi connectivity index (χ3n) is 5.92. The highest BCUT2D eigenvalue weighted by Gasteiger charge is 2.36. The minimum atomic E-state index is -4.57. The van der Waals surface area contributed by atoms with Crippen LogP contribution in [0.2, 0.25) is 0 Å². The molecule has 0 saturated heterocycles. The molecule has 1 aliphatic heterocycles. The summed E-state index contributed by atoms with van der Waals surface area (Å²) in [6.07, 6.45) is -4.57. The Bertz CT molecular complexity index is 1170. The fraction of sp³-hybridized carbons (Fsp3) is 0.520. The van der Waals surface area contributed by atoms with Crippen molar-refractivity contribution in [2.75, 3.05) is 90.8 Å². The molecule has 1 heterocycles. The molecule has 1 unspecified atom stereocenters. The van der Waals surface area contributed by atoms with Gasteiger partial charge in [-0.3, -0.25) is 0 Å². The summed E-state index contributed by atoms with van der Waals surface area (Å²) >= 11 is 3.73. The van der Waals surface area contributed by atoms with Crippen LogP contribution in [0.15, 0.2) is 40.2 Å². The monoisotopic (exact) mass is 607 g/mol. The molecule has 0 saturated carbocycles. The molecule has 1 atom stereocenters. The predicted octanol–water partition coefficient (Wildman–Crippen LogP) is 5.06. The van der Waals surface area contributed by atoms with Crippen molar-refractivity contribution in [3.05, 3.63) is 45.8 Å². The second-order valence-electron chi connectivity index (χ2n) is 8.30. The maximum atomic E-state index is 14.3. The Balaban J connectivity index is 2.16. The zero-order valence-electron chi connectivity index (χ0n) is 21.4. The van der Waals surface area contributed by atoms with Crippen LogP contribution in [0, 0.1) is 4.51 Å². The van der Waals surface area contributed by atoms with E-state index in [0.29, 0.717) is 68.5 Å². The molecule has 0 spiro atoms. The highest BCUT2D eigenvalue weighted by Crippen LogP contribution is 2.51. The first-order chi connectivity index (χ1) is 17.7. The maximum Gasteiger partial charge on any atom is 0.418 e. The molecule has 2 aromatic carbocycles. The molecule has 0 radical (unpaired) electrons. The molecule has 0 N–H and O–H groups in total. The van der Waals surface area contributed by atoms with Gasteiger partial charge in [0.2, 0.25) is 0 Å². The van der Waals surface area contributed by atoms with E-state index in [1.54, 1.807) is 40.6 Å². The summed E-state index contributed by atoms with van der Waals surface area (Å²) in [7, 11) is 5.59. The minimum Gasteiger partial charge on any atom is -0.383 e. The van der Waals surface area contributed by atoms with Gasteiger partial charge in [0.05, 0.1) is 43.0 Å². The van der Waals surface area contributed by atoms with E-state index in [9.17, 15) is 13.2 Å². The van der Waals surface area contributed by atoms with E-state index in [4.69, 9.17) is 18.9 Å². The second kappa shape index (κ2) is 13.9. The smallest absolute Gasteiger partial charge is 0.383 e. The Morgan fingerprint density at radius 3 is 1.78 bits per heavy atom. The summed E-state index contributed by atoms with van der Waals surface area (Å²) in [5.74, 6) is 0. The van der Waals surface area contributed by atoms with Crippen LogP contribution in [-0.4, -0.2) is 81.0 Å². The normalized spacial score (nSPS) is 14.6. The van der Waals surface area contributed by atoms with E-state index in [-0.39, 0.29) is 5.69 Å². The lowest BCUT2D eigenvalue weighted by molar-refractivity contribution is -0.137. The van der Waals surface area contributed by atoms with Gasteiger partial charge in [-0.05, 0) is 45.1 Å². The maximum absolute atomic E-state index is 14.3. The van der Waals surface area contributed by atoms with Crippen LogP contribution in [0.5, 0.6) is 0 Å². The number of anilines is 2. The number of fused-ring (bicyclic) bond motifs is 2. The van der Waals surface area contributed by atoms with Crippen LogP contribution >= 0.6 is 23.7 Å². The van der Waals surface area contributed by atoms with Crippen molar-refractivity contribution in [2.45, 2.75) is 11.1 Å². The third-order valence-corrected chi connectivity index (χ3v) is 9.42. The molecule has 0 aliphatic carbocycles. The van der Waals surface area contributed by atoms with Gasteiger partial charge in [-0.2, -0.15) is 13.2 Å². The zero-order chi connectivity index (χ0) is 27.0. The molecule has 12 heteroatoms. The number of benzene rings is 2. The molecule has 37 heavy (non-hydrogen) atoms. The van der Waals surface area contributed by atoms with Crippen LogP contribution in [0.4, 0.5) is 30.2 Å². The topological polar surface area (TPSA) is 55.8 Å². The number of nitrogens with zero attached hydrogens (tertiary/aromatic N) is 3. The first kappa shape index (κ1) is 29.9. The van der Waals surface area contributed by atoms with Crippen LogP contribution in [0.3, 0.4) is 0 Å². The molecular weight excluding hydrogens is 575 g/mol. The lowest BCUT2D eigenvalue weighted by Gasteiger charge is -2.28. The van der Waals surface area contributed by atoms with Gasteiger partial charge in [-0.1, -0.05) is 8.92 Å². The van der Waals surface area contributed by atoms with E-state index >= 15 is 0 Å². The van der Waals surface area contributed by atoms with E-state index in [0.717, 1.165) is 10.2 Å². The van der Waals surface area contributed by atoms with E-state index in [1.807, 2.05) is 17.0 Å². The van der Waals surface area contributed by atoms with Crippen LogP contribution in [0.25, 0.3) is 0 Å². The number of halogens is 4. The van der Waals surface area contributed by atoms with Gasteiger partial charge in [0.25, 0.3) is 0 Å². The summed E-state index contributed by atoms with van der Waals surface area (Å²) in [5, 5.41) is 0.517. The number of alkyl halides is 3. The zero-order valence-corrected chi connectivity index (χ0v) is 23.8. The molecule has 3 rings (SSSR count). The van der Waals surface area contributed by atoms with E-state index in [2.05, 4.69) is 24.7 Å². The second-order valence-corrected chi connectivity index (χ2v) is 11.6. The van der Waals surface area contributed by atoms with Crippen molar-refractivity contribution >= 4 is 40.8 Å². The molecule has 0 bridgehead atoms. The first-order valence-electron chi connectivity index (χ1n) is 11.7. The molecule has 7 nitrogen and oxygen atoms in total. The summed E-state index contributed by atoms with van der Waals surface area (Å²) < 4.78 is 64.5. The summed E-state index contributed by atoms with van der Waals surface area (Å²) in [6, 6.07) is 8.61. The van der Waals surface area contributed by atoms with Gasteiger partial charge in [0.15, 0.2) is 0 Å². The van der Waals surface area contributed by atoms with Gasteiger partial charge in [-0.25, -0.2) is 4.99 Å². The average molecular weight is 609 g/mol. The van der Waals surface area contributed by atoms with E-state index < -0.39 is 20.7 Å². The van der Waals surface area contributed by atoms with Gasteiger partial charge < -0.3 is 28.7 Å². The standard InChI is InChI=1S/C25H33BrF3N3O4S/c1-33-11-7-31(8-12-34-2)18-5-6-21-22(16-18)37(26)23-17-19(32(9-13-35-3)10-14-36-4)15-20(24(23)30-21)25(27,28)29/h5-6,15-17H,7-14H2,1-4H3. The SMILES string of the molecule is COCCN(CCOC)c1cc2c(c(C(F)(F)F)c1)N=c1ccc(N(CCOC)CCOC)cc1=S2Br. The summed E-state index contributed by atoms with van der Waals surface area (Å²) in [4.78, 5) is 8.96. The van der Waals surface area contributed by atoms with E-state index in [1.165, 1.54) is 6.07 Å². The first-order valence-corrected chi connectivity index (χ1v) is 14.8. The van der Waals surface area contributed by atoms with Crippen LogP contribution in [-0.2, 0) is 25.1 Å². The molecule has 1 aliphatic rings. The molecule has 0 fully saturated rings. The van der Waals surface area contributed by atoms with Crippen molar-refractivity contribution in [2.24, 2.45) is 4.99 Å². The van der Waals surface area contributed by atoms with Crippen molar-refractivity contribution in [3.8, 4) is 0 Å². The minimum absolute atomic E-state index is 0.0502.